The van der Waals surface area contributed by atoms with Gasteiger partial charge in [0.05, 0.1) is 35.9 Å². The molecule has 1 unspecified atom stereocenters. The first-order valence-electron chi connectivity index (χ1n) is 20.0. The maximum atomic E-state index is 12.9. The summed E-state index contributed by atoms with van der Waals surface area (Å²) in [5.74, 6) is -4.98. The third-order valence-electron chi connectivity index (χ3n) is 9.71. The van der Waals surface area contributed by atoms with Crippen molar-refractivity contribution >= 4 is 85.6 Å². The van der Waals surface area contributed by atoms with Crippen molar-refractivity contribution in [3.63, 3.8) is 0 Å². The number of ketones is 1. The van der Waals surface area contributed by atoms with E-state index in [2.05, 4.69) is 41.2 Å². The summed E-state index contributed by atoms with van der Waals surface area (Å²) in [7, 11) is 2.49. The number of nitrogens with one attached hydrogen (secondary N) is 4. The Balaban J connectivity index is 1.37. The molecule has 1 aromatic carbocycles. The molecule has 0 spiro atoms. The highest BCUT2D eigenvalue weighted by Crippen LogP contribution is 2.39. The summed E-state index contributed by atoms with van der Waals surface area (Å²) in [4.78, 5) is 91.4. The quantitative estimate of drug-likeness (QED) is 0.0313. The van der Waals surface area contributed by atoms with Crippen LogP contribution in [0.3, 0.4) is 0 Å². The second-order valence-electron chi connectivity index (χ2n) is 15.3. The van der Waals surface area contributed by atoms with Crippen molar-refractivity contribution in [2.45, 2.75) is 107 Å². The molecule has 0 bridgehead atoms. The van der Waals surface area contributed by atoms with Crippen molar-refractivity contribution in [3.05, 3.63) is 41.7 Å². The highest BCUT2D eigenvalue weighted by atomic mass is 33.1. The molecule has 0 saturated heterocycles. The first-order valence-corrected chi connectivity index (χ1v) is 22.3. The van der Waals surface area contributed by atoms with Crippen LogP contribution in [0.15, 0.2) is 30.5 Å². The summed E-state index contributed by atoms with van der Waals surface area (Å²) in [5, 5.41) is 77.9. The van der Waals surface area contributed by atoms with Gasteiger partial charge in [0.2, 0.25) is 17.8 Å². The van der Waals surface area contributed by atoms with E-state index in [0.717, 1.165) is 0 Å². The third kappa shape index (κ3) is 16.6. The van der Waals surface area contributed by atoms with Gasteiger partial charge >= 0.3 is 11.9 Å². The minimum atomic E-state index is -1.86. The molecule has 0 aliphatic carbocycles. The van der Waals surface area contributed by atoms with E-state index in [1.54, 1.807) is 26.0 Å². The Morgan fingerprint density at radius 3 is 2.16 bits per heavy atom. The number of rotatable bonds is 28. The third-order valence-corrected chi connectivity index (χ3v) is 13.1. The molecular weight excluding hydrogens is 881 g/mol. The lowest BCUT2D eigenvalue weighted by atomic mass is 10.00. The highest BCUT2D eigenvalue weighted by molar-refractivity contribution is 8.77. The summed E-state index contributed by atoms with van der Waals surface area (Å²) >= 11 is 0. The number of benzene rings is 1. The number of nitrogens with two attached hydrogens (primary N) is 2. The number of hydrogen-bond acceptors (Lipinski definition) is 20. The van der Waals surface area contributed by atoms with Crippen molar-refractivity contribution in [2.75, 3.05) is 35.7 Å². The molecule has 0 fully saturated rings. The van der Waals surface area contributed by atoms with E-state index in [1.807, 2.05) is 0 Å². The van der Waals surface area contributed by atoms with E-state index in [0.29, 0.717) is 29.1 Å². The molecule has 3 amide bonds. The molecule has 2 heterocycles. The molecular formula is C39H56N10O13S2. The maximum Gasteiger partial charge on any atom is 0.327 e. The van der Waals surface area contributed by atoms with Gasteiger partial charge < -0.3 is 68.5 Å². The van der Waals surface area contributed by atoms with Gasteiger partial charge in [-0.2, -0.15) is 9.97 Å². The van der Waals surface area contributed by atoms with Crippen molar-refractivity contribution in [2.24, 2.45) is 5.92 Å². The number of carbonyl (C=O) groups is 6. The molecule has 15 N–H and O–H groups in total. The van der Waals surface area contributed by atoms with Gasteiger partial charge in [0.1, 0.15) is 36.2 Å². The summed E-state index contributed by atoms with van der Waals surface area (Å²) in [5.41, 5.74) is 13.4. The van der Waals surface area contributed by atoms with Crippen LogP contribution in [0.25, 0.3) is 11.2 Å². The van der Waals surface area contributed by atoms with Gasteiger partial charge in [0, 0.05) is 48.7 Å². The largest absolute Gasteiger partial charge is 0.480 e. The summed E-state index contributed by atoms with van der Waals surface area (Å²) in [6.07, 6.45) is -5.50. The molecule has 25 heteroatoms. The number of nitrogen functional groups attached to an aromatic ring is 2. The Labute approximate surface area is 375 Å². The van der Waals surface area contributed by atoms with Gasteiger partial charge in [-0.15, -0.1) is 0 Å². The second kappa shape index (κ2) is 25.2. The highest BCUT2D eigenvalue weighted by Gasteiger charge is 2.38. The van der Waals surface area contributed by atoms with Gasteiger partial charge in [-0.3, -0.25) is 19.2 Å². The van der Waals surface area contributed by atoms with Crippen LogP contribution in [-0.2, 0) is 30.5 Å². The fourth-order valence-electron chi connectivity index (χ4n) is 5.79. The van der Waals surface area contributed by atoms with Crippen LogP contribution in [-0.4, -0.2) is 151 Å². The molecule has 0 aliphatic rings. The molecule has 3 aromatic rings. The Kier molecular flexibility index (Phi) is 20.8. The van der Waals surface area contributed by atoms with Crippen molar-refractivity contribution in [1.82, 2.24) is 35.9 Å². The minimum absolute atomic E-state index is 0.00755. The van der Waals surface area contributed by atoms with Gasteiger partial charge in [0.25, 0.3) is 5.91 Å². The number of aliphatic hydroxyl groups excluding tert-OH is 5. The number of Topliss-reactive ketones (excluding diaryl/α,β-unsaturated/α-hetero) is 1. The van der Waals surface area contributed by atoms with Crippen LogP contribution in [0.5, 0.6) is 0 Å². The Morgan fingerprint density at radius 1 is 0.844 bits per heavy atom. The lowest BCUT2D eigenvalue weighted by Crippen LogP contribution is -2.53. The van der Waals surface area contributed by atoms with E-state index in [1.165, 1.54) is 46.8 Å². The fraction of sp³-hybridized carbons (Fsp3) is 0.538. The first-order chi connectivity index (χ1) is 30.1. The van der Waals surface area contributed by atoms with E-state index >= 15 is 0 Å². The van der Waals surface area contributed by atoms with E-state index < -0.39 is 90.0 Å². The van der Waals surface area contributed by atoms with E-state index in [-0.39, 0.29) is 67.4 Å². The number of carboxylic acids is 2. The van der Waals surface area contributed by atoms with Crippen molar-refractivity contribution in [1.29, 1.82) is 0 Å². The number of nitrogens with zero attached hydrogens (tertiary/aromatic N) is 4. The normalized spacial score (nSPS) is 14.9. The number of carbonyl (C=O) groups excluding carboxylic acids is 4. The number of fused-ring (bicyclic) bond motifs is 1. The Hall–Kier alpha value is -5.44. The van der Waals surface area contributed by atoms with Crippen molar-refractivity contribution < 1.29 is 64.5 Å². The Morgan fingerprint density at radius 2 is 1.52 bits per heavy atom. The zero-order chi connectivity index (χ0) is 47.7. The molecule has 0 radical (unpaired) electrons. The molecule has 3 rings (SSSR count). The predicted octanol–water partition coefficient (Wildman–Crippen LogP) is -0.793. The molecule has 352 valence electrons. The van der Waals surface area contributed by atoms with Gasteiger partial charge in [-0.1, -0.05) is 28.5 Å². The predicted molar refractivity (Wildman–Crippen MR) is 236 cm³/mol. The average molecular weight is 937 g/mol. The minimum Gasteiger partial charge on any atom is -0.480 e. The second-order valence-corrected chi connectivity index (χ2v) is 18.4. The average Bonchev–Trinajstić information content (AvgIpc) is 3.25. The van der Waals surface area contributed by atoms with E-state index in [4.69, 9.17) is 16.6 Å². The number of hydrogen-bond donors (Lipinski definition) is 13. The number of aromatic nitrogens is 4. The molecule has 2 aromatic heterocycles. The SMILES string of the molecule is C[C@@H](CCC(=O)NC[C@H](O)[C@@H](O)[C@H](O)[C@H](O)CO)C(=O)N[C@H](C(=O)O)C(C)(C)SSCCCC(=O)CCC(NC(=O)c1ccc(NCc2cnc3nc(N)nc(N)c3n2)cc1)C(=O)O. The number of anilines is 3. The standard InChI is InChI=1S/C39H56N10O13S2/c1-19(6-13-27(54)43-17-25(52)29(55)30(56)26(53)18-50)34(57)47-31(37(61)62)39(2,3)64-63-14-4-5-23(51)11-12-24(36(59)60)46-35(58)20-7-9-21(10-8-20)42-15-22-16-44-33-28(45-22)32(40)48-38(41)49-33/h7-10,16,19,24-26,29-31,42,50,52-53,55-56H,4-6,11-15,17-18H2,1-3H3,(H,43,54)(H,46,58)(H,47,57)(H,59,60)(H,61,62)(H4,40,41,44,48,49)/t19-,24?,25-,26+,29+,30+,31+/m0/s1. The summed E-state index contributed by atoms with van der Waals surface area (Å²) < 4.78 is -1.03. The van der Waals surface area contributed by atoms with Gasteiger partial charge in [-0.05, 0) is 57.4 Å². The number of amides is 3. The van der Waals surface area contributed by atoms with Crippen LogP contribution < -0.4 is 32.7 Å². The molecule has 7 atom stereocenters. The van der Waals surface area contributed by atoms with Crippen LogP contribution in [0.2, 0.25) is 0 Å². The fourth-order valence-corrected chi connectivity index (χ4v) is 8.49. The maximum absolute atomic E-state index is 12.9. The van der Waals surface area contributed by atoms with E-state index in [9.17, 15) is 59.4 Å². The number of aliphatic hydroxyl groups is 5. The zero-order valence-electron chi connectivity index (χ0n) is 35.3. The molecule has 64 heavy (non-hydrogen) atoms. The van der Waals surface area contributed by atoms with Gasteiger partial charge in [0.15, 0.2) is 17.0 Å². The lowest BCUT2D eigenvalue weighted by molar-refractivity contribution is -0.143. The van der Waals surface area contributed by atoms with Crippen LogP contribution in [0.1, 0.15) is 75.3 Å². The van der Waals surface area contributed by atoms with Gasteiger partial charge in [-0.25, -0.2) is 19.6 Å². The molecule has 23 nitrogen and oxygen atoms in total. The monoisotopic (exact) mass is 936 g/mol. The molecule has 0 aliphatic heterocycles. The van der Waals surface area contributed by atoms with Crippen LogP contribution in [0.4, 0.5) is 17.5 Å². The zero-order valence-corrected chi connectivity index (χ0v) is 37.0. The molecule has 0 saturated carbocycles. The summed E-state index contributed by atoms with van der Waals surface area (Å²) in [6, 6.07) is 3.61. The van der Waals surface area contributed by atoms with Crippen LogP contribution >= 0.6 is 21.6 Å². The van der Waals surface area contributed by atoms with Crippen LogP contribution in [0, 0.1) is 5.92 Å². The lowest BCUT2D eigenvalue weighted by Gasteiger charge is -2.31. The van der Waals surface area contributed by atoms with Crippen molar-refractivity contribution in [3.8, 4) is 0 Å². The topological polar surface area (TPSA) is 396 Å². The first kappa shape index (κ1) is 52.9. The number of carboxylic acid groups (broad SMARTS) is 2. The number of aliphatic carboxylic acids is 2. The summed E-state index contributed by atoms with van der Waals surface area (Å²) in [6.45, 7) is 3.66. The Bertz CT molecular complexity index is 2090. The smallest absolute Gasteiger partial charge is 0.327 e.